The molecule has 0 radical (unpaired) electrons. The van der Waals surface area contributed by atoms with Gasteiger partial charge in [-0.3, -0.25) is 9.48 Å². The summed E-state index contributed by atoms with van der Waals surface area (Å²) >= 11 is 7.78. The van der Waals surface area contributed by atoms with Crippen molar-refractivity contribution in [2.24, 2.45) is 7.05 Å². The van der Waals surface area contributed by atoms with Crippen LogP contribution in [-0.4, -0.2) is 46.8 Å². The van der Waals surface area contributed by atoms with Crippen LogP contribution in [0.25, 0.3) is 11.3 Å². The van der Waals surface area contributed by atoms with E-state index < -0.39 is 12.0 Å². The van der Waals surface area contributed by atoms with E-state index in [0.29, 0.717) is 22.8 Å². The van der Waals surface area contributed by atoms with Crippen molar-refractivity contribution < 1.29 is 14.3 Å². The molecule has 1 N–H and O–H groups in total. The molecule has 0 fully saturated rings. The highest BCUT2D eigenvalue weighted by Crippen LogP contribution is 2.26. The first-order valence-corrected chi connectivity index (χ1v) is 9.41. The van der Waals surface area contributed by atoms with Gasteiger partial charge in [-0.05, 0) is 30.6 Å². The van der Waals surface area contributed by atoms with Gasteiger partial charge in [0.25, 0.3) is 5.91 Å². The number of benzene rings is 1. The van der Waals surface area contributed by atoms with E-state index in [-0.39, 0.29) is 5.91 Å². The molecule has 1 heterocycles. The number of nitrogens with zero attached hydrogens (tertiary/aromatic N) is 2. The molecule has 0 aliphatic rings. The predicted molar refractivity (Wildman–Crippen MR) is 99.9 cm³/mol. The molecule has 1 aromatic carbocycles. The maximum absolute atomic E-state index is 12.6. The summed E-state index contributed by atoms with van der Waals surface area (Å²) in [6.45, 7) is 0. The molecule has 8 heteroatoms. The number of esters is 1. The highest BCUT2D eigenvalue weighted by atomic mass is 35.5. The molecule has 0 saturated carbocycles. The normalized spacial score (nSPS) is 11.8. The monoisotopic (exact) mass is 381 g/mol. The SMILES string of the molecule is COC(=O)C(CCSC)NC(=O)c1cc(-c2ccccc2Cl)nn1C. The van der Waals surface area contributed by atoms with Gasteiger partial charge in [-0.15, -0.1) is 0 Å². The van der Waals surface area contributed by atoms with Gasteiger partial charge < -0.3 is 10.1 Å². The fourth-order valence-electron chi connectivity index (χ4n) is 2.34. The van der Waals surface area contributed by atoms with Crippen LogP contribution in [0.4, 0.5) is 0 Å². The minimum atomic E-state index is -0.691. The first-order valence-electron chi connectivity index (χ1n) is 7.64. The van der Waals surface area contributed by atoms with Gasteiger partial charge in [0.2, 0.25) is 0 Å². The Kier molecular flexibility index (Phi) is 6.90. The summed E-state index contributed by atoms with van der Waals surface area (Å²) in [4.78, 5) is 24.4. The zero-order valence-corrected chi connectivity index (χ0v) is 15.9. The van der Waals surface area contributed by atoms with Gasteiger partial charge in [0.1, 0.15) is 11.7 Å². The van der Waals surface area contributed by atoms with Crippen LogP contribution in [0.5, 0.6) is 0 Å². The number of rotatable bonds is 7. The standard InChI is InChI=1S/C17H20ClN3O3S/c1-21-15(10-14(20-21)11-6-4-5-7-12(11)18)16(22)19-13(8-9-25-3)17(23)24-2/h4-7,10,13H,8-9H2,1-3H3,(H,19,22). The Balaban J connectivity index is 2.21. The summed E-state index contributed by atoms with van der Waals surface area (Å²) in [6.07, 6.45) is 2.43. The molecule has 0 bridgehead atoms. The lowest BCUT2D eigenvalue weighted by molar-refractivity contribution is -0.142. The minimum Gasteiger partial charge on any atom is -0.467 e. The number of amides is 1. The lowest BCUT2D eigenvalue weighted by Gasteiger charge is -2.15. The molecule has 0 aliphatic carbocycles. The van der Waals surface area contributed by atoms with E-state index in [1.807, 2.05) is 24.5 Å². The average Bonchev–Trinajstić information content (AvgIpc) is 2.99. The van der Waals surface area contributed by atoms with Crippen LogP contribution in [0.3, 0.4) is 0 Å². The molecule has 1 aromatic heterocycles. The summed E-state index contributed by atoms with van der Waals surface area (Å²) in [6, 6.07) is 8.24. The quantitative estimate of drug-likeness (QED) is 0.746. The molecule has 2 aromatic rings. The molecule has 0 aliphatic heterocycles. The molecule has 134 valence electrons. The second-order valence-corrected chi connectivity index (χ2v) is 6.74. The first kappa shape index (κ1) is 19.3. The maximum atomic E-state index is 12.6. The number of hydrogen-bond donors (Lipinski definition) is 1. The van der Waals surface area contributed by atoms with Crippen LogP contribution in [-0.2, 0) is 16.6 Å². The van der Waals surface area contributed by atoms with E-state index in [0.717, 1.165) is 11.3 Å². The highest BCUT2D eigenvalue weighted by Gasteiger charge is 2.24. The van der Waals surface area contributed by atoms with Gasteiger partial charge in [-0.2, -0.15) is 16.9 Å². The second kappa shape index (κ2) is 8.92. The van der Waals surface area contributed by atoms with Crippen LogP contribution in [0.2, 0.25) is 5.02 Å². The van der Waals surface area contributed by atoms with Crippen molar-refractivity contribution in [2.75, 3.05) is 19.1 Å². The highest BCUT2D eigenvalue weighted by molar-refractivity contribution is 7.98. The third kappa shape index (κ3) is 4.76. The van der Waals surface area contributed by atoms with Crippen molar-refractivity contribution in [3.05, 3.63) is 41.0 Å². The van der Waals surface area contributed by atoms with Crippen molar-refractivity contribution in [3.8, 4) is 11.3 Å². The van der Waals surface area contributed by atoms with Gasteiger partial charge in [-0.25, -0.2) is 4.79 Å². The van der Waals surface area contributed by atoms with Crippen LogP contribution in [0.15, 0.2) is 30.3 Å². The number of ether oxygens (including phenoxy) is 1. The Labute approximate surface area is 155 Å². The third-order valence-electron chi connectivity index (χ3n) is 3.66. The number of halogens is 1. The lowest BCUT2D eigenvalue weighted by atomic mass is 10.1. The number of aryl methyl sites for hydroxylation is 1. The molecule has 1 atom stereocenters. The van der Waals surface area contributed by atoms with Crippen molar-refractivity contribution in [3.63, 3.8) is 0 Å². The van der Waals surface area contributed by atoms with Gasteiger partial charge in [-0.1, -0.05) is 29.8 Å². The maximum Gasteiger partial charge on any atom is 0.328 e. The Morgan fingerprint density at radius 3 is 2.76 bits per heavy atom. The Hall–Kier alpha value is -1.99. The Morgan fingerprint density at radius 1 is 1.40 bits per heavy atom. The van der Waals surface area contributed by atoms with Crippen molar-refractivity contribution >= 4 is 35.2 Å². The Morgan fingerprint density at radius 2 is 2.12 bits per heavy atom. The van der Waals surface area contributed by atoms with E-state index in [9.17, 15) is 9.59 Å². The predicted octanol–water partition coefficient (Wildman–Crippen LogP) is 2.77. The molecule has 0 spiro atoms. The molecule has 25 heavy (non-hydrogen) atoms. The van der Waals surface area contributed by atoms with Gasteiger partial charge in [0.05, 0.1) is 17.8 Å². The summed E-state index contributed by atoms with van der Waals surface area (Å²) in [5.41, 5.74) is 1.68. The van der Waals surface area contributed by atoms with E-state index >= 15 is 0 Å². The van der Waals surface area contributed by atoms with E-state index in [1.165, 1.54) is 11.8 Å². The van der Waals surface area contributed by atoms with Crippen molar-refractivity contribution in [1.29, 1.82) is 0 Å². The number of nitrogens with one attached hydrogen (secondary N) is 1. The smallest absolute Gasteiger partial charge is 0.328 e. The fraction of sp³-hybridized carbons (Fsp3) is 0.353. The second-order valence-electron chi connectivity index (χ2n) is 5.35. The fourth-order valence-corrected chi connectivity index (χ4v) is 3.04. The zero-order valence-electron chi connectivity index (χ0n) is 14.3. The number of thioether (sulfide) groups is 1. The summed E-state index contributed by atoms with van der Waals surface area (Å²) in [5, 5.41) is 7.62. The molecule has 6 nitrogen and oxygen atoms in total. The van der Waals surface area contributed by atoms with Crippen LogP contribution in [0.1, 0.15) is 16.9 Å². The average molecular weight is 382 g/mol. The molecular formula is C17H20ClN3O3S. The van der Waals surface area contributed by atoms with Gasteiger partial charge >= 0.3 is 5.97 Å². The lowest BCUT2D eigenvalue weighted by Crippen LogP contribution is -2.42. The van der Waals surface area contributed by atoms with E-state index in [2.05, 4.69) is 10.4 Å². The summed E-state index contributed by atoms with van der Waals surface area (Å²) in [7, 11) is 2.98. The van der Waals surface area contributed by atoms with Crippen molar-refractivity contribution in [1.82, 2.24) is 15.1 Å². The molecule has 0 saturated heterocycles. The number of aromatic nitrogens is 2. The molecule has 1 unspecified atom stereocenters. The largest absolute Gasteiger partial charge is 0.467 e. The number of carbonyl (C=O) groups excluding carboxylic acids is 2. The third-order valence-corrected chi connectivity index (χ3v) is 4.64. The van der Waals surface area contributed by atoms with Crippen LogP contribution >= 0.6 is 23.4 Å². The minimum absolute atomic E-state index is 0.341. The van der Waals surface area contributed by atoms with Crippen molar-refractivity contribution in [2.45, 2.75) is 12.5 Å². The topological polar surface area (TPSA) is 73.2 Å². The van der Waals surface area contributed by atoms with Crippen LogP contribution in [0, 0.1) is 0 Å². The molecule has 1 amide bonds. The van der Waals surface area contributed by atoms with E-state index in [4.69, 9.17) is 16.3 Å². The van der Waals surface area contributed by atoms with Gasteiger partial charge in [0, 0.05) is 12.6 Å². The van der Waals surface area contributed by atoms with E-state index in [1.54, 1.807) is 30.9 Å². The molecule has 2 rings (SSSR count). The van der Waals surface area contributed by atoms with Gasteiger partial charge in [0.15, 0.2) is 0 Å². The zero-order chi connectivity index (χ0) is 18.4. The number of methoxy groups -OCH3 is 1. The first-order chi connectivity index (χ1) is 12.0. The van der Waals surface area contributed by atoms with Crippen LogP contribution < -0.4 is 5.32 Å². The summed E-state index contributed by atoms with van der Waals surface area (Å²) in [5.74, 6) is -0.114. The summed E-state index contributed by atoms with van der Waals surface area (Å²) < 4.78 is 6.23. The molecular weight excluding hydrogens is 362 g/mol. The number of carbonyl (C=O) groups is 2. The Bertz CT molecular complexity index is 763. The number of hydrogen-bond acceptors (Lipinski definition) is 5.